The van der Waals surface area contributed by atoms with Crippen LogP contribution in [0, 0.1) is 5.41 Å². The van der Waals surface area contributed by atoms with E-state index in [0.717, 1.165) is 32.5 Å². The number of amides is 3. The third kappa shape index (κ3) is 4.58. The number of hydrogen-bond donors (Lipinski definition) is 2. The standard InChI is InChI=1S/C22H31ClN4O3/c1-16-20(29)26(11-2-10-25-12-9-22(7-8-22)19(28)15-25)13-14-27(16)21(30)24-18-5-3-17(23)4-6-18/h3-6,16,19,28H,2,7-15H2,1H3,(H,24,30). The highest BCUT2D eigenvalue weighted by Crippen LogP contribution is 2.53. The maximum atomic E-state index is 12.8. The van der Waals surface area contributed by atoms with Gasteiger partial charge in [0.15, 0.2) is 0 Å². The van der Waals surface area contributed by atoms with Crippen molar-refractivity contribution >= 4 is 29.2 Å². The Morgan fingerprint density at radius 3 is 2.57 bits per heavy atom. The highest BCUT2D eigenvalue weighted by atomic mass is 35.5. The average Bonchev–Trinajstić information content (AvgIpc) is 3.51. The molecule has 164 valence electrons. The second-order valence-corrected chi connectivity index (χ2v) is 9.35. The summed E-state index contributed by atoms with van der Waals surface area (Å²) in [5.74, 6) is -0.0110. The number of aliphatic hydroxyl groups is 1. The van der Waals surface area contributed by atoms with Crippen molar-refractivity contribution in [2.75, 3.05) is 44.6 Å². The van der Waals surface area contributed by atoms with Gasteiger partial charge in [-0.1, -0.05) is 11.6 Å². The summed E-state index contributed by atoms with van der Waals surface area (Å²) in [4.78, 5) is 31.2. The largest absolute Gasteiger partial charge is 0.391 e. The summed E-state index contributed by atoms with van der Waals surface area (Å²) >= 11 is 5.88. The molecule has 1 aromatic rings. The van der Waals surface area contributed by atoms with E-state index in [9.17, 15) is 14.7 Å². The maximum Gasteiger partial charge on any atom is 0.322 e. The number of carbonyl (C=O) groups is 2. The number of likely N-dealkylation sites (tertiary alicyclic amines) is 1. The summed E-state index contributed by atoms with van der Waals surface area (Å²) in [5.41, 5.74) is 0.883. The summed E-state index contributed by atoms with van der Waals surface area (Å²) < 4.78 is 0. The number of benzene rings is 1. The third-order valence-corrected chi connectivity index (χ3v) is 7.21. The molecule has 2 atom stereocenters. The average molecular weight is 435 g/mol. The number of nitrogens with zero attached hydrogens (tertiary/aromatic N) is 3. The number of rotatable bonds is 5. The van der Waals surface area contributed by atoms with Gasteiger partial charge in [0, 0.05) is 36.9 Å². The Labute approximate surface area is 183 Å². The summed E-state index contributed by atoms with van der Waals surface area (Å²) in [7, 11) is 0. The monoisotopic (exact) mass is 434 g/mol. The lowest BCUT2D eigenvalue weighted by molar-refractivity contribution is -0.139. The Morgan fingerprint density at radius 2 is 1.90 bits per heavy atom. The zero-order chi connectivity index (χ0) is 21.3. The number of piperazine rings is 1. The topological polar surface area (TPSA) is 76.1 Å². The van der Waals surface area contributed by atoms with Crippen molar-refractivity contribution in [1.82, 2.24) is 14.7 Å². The van der Waals surface area contributed by atoms with E-state index in [4.69, 9.17) is 11.6 Å². The number of nitrogens with one attached hydrogen (secondary N) is 1. The van der Waals surface area contributed by atoms with Crippen molar-refractivity contribution in [1.29, 1.82) is 0 Å². The molecule has 3 amide bonds. The first kappa shape index (κ1) is 21.4. The van der Waals surface area contributed by atoms with Gasteiger partial charge in [0.1, 0.15) is 6.04 Å². The van der Waals surface area contributed by atoms with Crippen molar-refractivity contribution in [3.8, 4) is 0 Å². The van der Waals surface area contributed by atoms with Crippen LogP contribution in [0.5, 0.6) is 0 Å². The first-order valence-electron chi connectivity index (χ1n) is 10.9. The van der Waals surface area contributed by atoms with Gasteiger partial charge in [0.25, 0.3) is 0 Å². The minimum atomic E-state index is -0.488. The molecule has 1 aliphatic carbocycles. The van der Waals surface area contributed by atoms with Gasteiger partial charge in [0.05, 0.1) is 6.10 Å². The molecule has 1 spiro atoms. The van der Waals surface area contributed by atoms with Gasteiger partial charge in [-0.2, -0.15) is 0 Å². The van der Waals surface area contributed by atoms with Crippen LogP contribution in [0.15, 0.2) is 24.3 Å². The maximum absolute atomic E-state index is 12.8. The van der Waals surface area contributed by atoms with Crippen molar-refractivity contribution in [2.24, 2.45) is 5.41 Å². The molecule has 3 aliphatic rings. The molecule has 2 N–H and O–H groups in total. The molecule has 7 nitrogen and oxygen atoms in total. The van der Waals surface area contributed by atoms with Gasteiger partial charge in [-0.15, -0.1) is 0 Å². The van der Waals surface area contributed by atoms with Crippen molar-refractivity contribution in [3.05, 3.63) is 29.3 Å². The highest BCUT2D eigenvalue weighted by Gasteiger charge is 2.51. The van der Waals surface area contributed by atoms with E-state index in [1.807, 2.05) is 4.90 Å². The Kier molecular flexibility index (Phi) is 6.23. The summed E-state index contributed by atoms with van der Waals surface area (Å²) in [6.07, 6.45) is 4.12. The lowest BCUT2D eigenvalue weighted by atomic mass is 9.90. The number of aliphatic hydroxyl groups excluding tert-OH is 1. The smallest absolute Gasteiger partial charge is 0.322 e. The molecule has 2 aliphatic heterocycles. The van der Waals surface area contributed by atoms with Crippen LogP contribution in [0.25, 0.3) is 0 Å². The SMILES string of the molecule is CC1C(=O)N(CCCN2CCC3(CC3)C(O)C2)CCN1C(=O)Nc1ccc(Cl)cc1. The second kappa shape index (κ2) is 8.73. The number of β-amino-alcohol motifs (C(OH)–C–C–N with tert-alkyl or cyclic N) is 1. The van der Waals surface area contributed by atoms with E-state index in [1.54, 1.807) is 36.1 Å². The van der Waals surface area contributed by atoms with Gasteiger partial charge in [-0.05, 0) is 75.4 Å². The molecule has 2 unspecified atom stereocenters. The predicted octanol–water partition coefficient (Wildman–Crippen LogP) is 2.64. The number of carbonyl (C=O) groups excluding carboxylic acids is 2. The third-order valence-electron chi connectivity index (χ3n) is 6.96. The molecule has 3 fully saturated rings. The minimum absolute atomic E-state index is 0.0110. The number of halogens is 1. The first-order chi connectivity index (χ1) is 14.4. The Morgan fingerprint density at radius 1 is 1.17 bits per heavy atom. The lowest BCUT2D eigenvalue weighted by Gasteiger charge is -2.40. The fourth-order valence-electron chi connectivity index (χ4n) is 4.67. The van der Waals surface area contributed by atoms with Crippen LogP contribution in [-0.4, -0.2) is 83.2 Å². The zero-order valence-corrected chi connectivity index (χ0v) is 18.3. The van der Waals surface area contributed by atoms with Crippen LogP contribution < -0.4 is 5.32 Å². The molecule has 8 heteroatoms. The van der Waals surface area contributed by atoms with Crippen LogP contribution in [0.3, 0.4) is 0 Å². The Bertz CT molecular complexity index is 783. The van der Waals surface area contributed by atoms with E-state index < -0.39 is 6.04 Å². The van der Waals surface area contributed by atoms with E-state index in [1.165, 1.54) is 12.8 Å². The quantitative estimate of drug-likeness (QED) is 0.747. The minimum Gasteiger partial charge on any atom is -0.391 e. The number of hydrogen-bond acceptors (Lipinski definition) is 4. The number of piperidine rings is 1. The fraction of sp³-hybridized carbons (Fsp3) is 0.636. The Hall–Kier alpha value is -1.83. The summed E-state index contributed by atoms with van der Waals surface area (Å²) in [6, 6.07) is 6.16. The molecule has 4 rings (SSSR count). The van der Waals surface area contributed by atoms with Crippen molar-refractivity contribution in [3.63, 3.8) is 0 Å². The molecule has 0 aromatic heterocycles. The number of anilines is 1. The van der Waals surface area contributed by atoms with Crippen LogP contribution in [-0.2, 0) is 4.79 Å². The molecule has 1 saturated carbocycles. The van der Waals surface area contributed by atoms with Gasteiger partial charge >= 0.3 is 6.03 Å². The van der Waals surface area contributed by atoms with Crippen LogP contribution in [0.1, 0.15) is 32.6 Å². The molecule has 30 heavy (non-hydrogen) atoms. The summed E-state index contributed by atoms with van der Waals surface area (Å²) in [5, 5.41) is 13.8. The zero-order valence-electron chi connectivity index (χ0n) is 17.5. The summed E-state index contributed by atoms with van der Waals surface area (Å²) in [6.45, 7) is 6.22. The van der Waals surface area contributed by atoms with E-state index in [-0.39, 0.29) is 23.5 Å². The molecule has 0 bridgehead atoms. The van der Waals surface area contributed by atoms with E-state index in [2.05, 4.69) is 10.2 Å². The van der Waals surface area contributed by atoms with Crippen LogP contribution in [0.4, 0.5) is 10.5 Å². The molecule has 1 aromatic carbocycles. The molecule has 0 radical (unpaired) electrons. The van der Waals surface area contributed by atoms with Gasteiger partial charge in [-0.3, -0.25) is 4.79 Å². The molecular formula is C22H31ClN4O3. The normalized spacial score (nSPS) is 26.2. The van der Waals surface area contributed by atoms with Crippen LogP contribution >= 0.6 is 11.6 Å². The fourth-order valence-corrected chi connectivity index (χ4v) is 4.79. The van der Waals surface area contributed by atoms with E-state index >= 15 is 0 Å². The molecule has 2 heterocycles. The van der Waals surface area contributed by atoms with Gasteiger partial charge < -0.3 is 25.1 Å². The van der Waals surface area contributed by atoms with Crippen molar-refractivity contribution < 1.29 is 14.7 Å². The number of urea groups is 1. The van der Waals surface area contributed by atoms with Crippen LogP contribution in [0.2, 0.25) is 5.02 Å². The predicted molar refractivity (Wildman–Crippen MR) is 117 cm³/mol. The first-order valence-corrected chi connectivity index (χ1v) is 11.3. The van der Waals surface area contributed by atoms with Crippen molar-refractivity contribution in [2.45, 2.75) is 44.8 Å². The molecule has 2 saturated heterocycles. The molecular weight excluding hydrogens is 404 g/mol. The van der Waals surface area contributed by atoms with Gasteiger partial charge in [-0.25, -0.2) is 4.79 Å². The lowest BCUT2D eigenvalue weighted by Crippen LogP contribution is -2.58. The van der Waals surface area contributed by atoms with E-state index in [0.29, 0.717) is 30.3 Å². The second-order valence-electron chi connectivity index (χ2n) is 8.91. The Balaban J connectivity index is 1.22. The van der Waals surface area contributed by atoms with Gasteiger partial charge in [0.2, 0.25) is 5.91 Å². The highest BCUT2D eigenvalue weighted by molar-refractivity contribution is 6.30.